The van der Waals surface area contributed by atoms with E-state index < -0.39 is 5.97 Å². The molecular formula is C14H19NO3. The lowest BCUT2D eigenvalue weighted by molar-refractivity contribution is -0.131. The Morgan fingerprint density at radius 3 is 2.72 bits per heavy atom. The van der Waals surface area contributed by atoms with Gasteiger partial charge in [-0.05, 0) is 44.8 Å². The molecule has 1 aromatic rings. The molecular weight excluding hydrogens is 230 g/mol. The van der Waals surface area contributed by atoms with Crippen molar-refractivity contribution in [3.63, 3.8) is 0 Å². The standard InChI is InChI=1S/C14H19NO3/c1-4-18-13-7-5-11(6-8-14(16)17)9-12(13)10-15(2)3/h5-9H,4,10H2,1-3H3,(H,16,17)/b8-6+. The Hall–Kier alpha value is -1.81. The fraction of sp³-hybridized carbons (Fsp3) is 0.357. The van der Waals surface area contributed by atoms with Gasteiger partial charge in [0.1, 0.15) is 5.75 Å². The zero-order valence-electron chi connectivity index (χ0n) is 11.0. The molecule has 98 valence electrons. The third kappa shape index (κ3) is 4.59. The molecule has 1 N–H and O–H groups in total. The van der Waals surface area contributed by atoms with Crippen LogP contribution in [0.1, 0.15) is 18.1 Å². The maximum atomic E-state index is 10.5. The number of ether oxygens (including phenoxy) is 1. The first-order chi connectivity index (χ1) is 8.52. The molecule has 0 amide bonds. The highest BCUT2D eigenvalue weighted by molar-refractivity contribution is 5.85. The van der Waals surface area contributed by atoms with Gasteiger partial charge in [-0.1, -0.05) is 6.07 Å². The summed E-state index contributed by atoms with van der Waals surface area (Å²) in [5.74, 6) is -0.100. The Labute approximate surface area is 107 Å². The second-order valence-electron chi connectivity index (χ2n) is 4.21. The predicted octanol–water partition coefficient (Wildman–Crippen LogP) is 2.24. The zero-order chi connectivity index (χ0) is 13.5. The van der Waals surface area contributed by atoms with Crippen molar-refractivity contribution in [3.8, 4) is 5.75 Å². The maximum absolute atomic E-state index is 10.5. The fourth-order valence-corrected chi connectivity index (χ4v) is 1.63. The first-order valence-corrected chi connectivity index (χ1v) is 5.84. The molecule has 0 fully saturated rings. The number of benzene rings is 1. The van der Waals surface area contributed by atoms with E-state index in [-0.39, 0.29) is 0 Å². The fourth-order valence-electron chi connectivity index (χ4n) is 1.63. The molecule has 0 unspecified atom stereocenters. The molecule has 0 atom stereocenters. The average molecular weight is 249 g/mol. The Morgan fingerprint density at radius 2 is 2.17 bits per heavy atom. The molecule has 0 aliphatic carbocycles. The minimum absolute atomic E-state index is 0.616. The number of carbonyl (C=O) groups is 1. The Kier molecular flexibility index (Phi) is 5.39. The number of aliphatic carboxylic acids is 1. The first kappa shape index (κ1) is 14.3. The Bertz CT molecular complexity index is 439. The number of nitrogens with zero attached hydrogens (tertiary/aromatic N) is 1. The lowest BCUT2D eigenvalue weighted by Gasteiger charge is -2.15. The minimum atomic E-state index is -0.946. The topological polar surface area (TPSA) is 49.8 Å². The second kappa shape index (κ2) is 6.81. The van der Waals surface area contributed by atoms with E-state index in [1.165, 1.54) is 0 Å². The van der Waals surface area contributed by atoms with Gasteiger partial charge in [0.15, 0.2) is 0 Å². The summed E-state index contributed by atoms with van der Waals surface area (Å²) in [5, 5.41) is 8.61. The van der Waals surface area contributed by atoms with Crippen LogP contribution in [0.5, 0.6) is 5.75 Å². The van der Waals surface area contributed by atoms with Crippen LogP contribution in [0.2, 0.25) is 0 Å². The summed E-state index contributed by atoms with van der Waals surface area (Å²) in [6.45, 7) is 3.31. The van der Waals surface area contributed by atoms with Gasteiger partial charge in [-0.2, -0.15) is 0 Å². The van der Waals surface area contributed by atoms with Gasteiger partial charge in [0.25, 0.3) is 0 Å². The lowest BCUT2D eigenvalue weighted by atomic mass is 10.1. The number of carboxylic acid groups (broad SMARTS) is 1. The molecule has 4 heteroatoms. The van der Waals surface area contributed by atoms with Crippen LogP contribution in [-0.2, 0) is 11.3 Å². The summed E-state index contributed by atoms with van der Waals surface area (Å²) in [7, 11) is 3.96. The van der Waals surface area contributed by atoms with Crippen molar-refractivity contribution >= 4 is 12.0 Å². The summed E-state index contributed by atoms with van der Waals surface area (Å²) in [5.41, 5.74) is 1.91. The van der Waals surface area contributed by atoms with Crippen molar-refractivity contribution in [2.24, 2.45) is 0 Å². The van der Waals surface area contributed by atoms with Gasteiger partial charge in [-0.3, -0.25) is 0 Å². The summed E-state index contributed by atoms with van der Waals surface area (Å²) in [4.78, 5) is 12.5. The molecule has 0 aromatic heterocycles. The molecule has 0 aliphatic heterocycles. The Balaban J connectivity index is 3.00. The van der Waals surface area contributed by atoms with Gasteiger partial charge in [0.2, 0.25) is 0 Å². The van der Waals surface area contributed by atoms with Gasteiger partial charge in [0, 0.05) is 18.2 Å². The number of hydrogen-bond donors (Lipinski definition) is 1. The monoisotopic (exact) mass is 249 g/mol. The summed E-state index contributed by atoms with van der Waals surface area (Å²) >= 11 is 0. The molecule has 0 saturated carbocycles. The van der Waals surface area contributed by atoms with Crippen LogP contribution in [0.15, 0.2) is 24.3 Å². The van der Waals surface area contributed by atoms with Crippen LogP contribution >= 0.6 is 0 Å². The van der Waals surface area contributed by atoms with Crippen molar-refractivity contribution in [2.75, 3.05) is 20.7 Å². The van der Waals surface area contributed by atoms with E-state index in [9.17, 15) is 4.79 Å². The molecule has 0 aliphatic rings. The van der Waals surface area contributed by atoms with E-state index in [2.05, 4.69) is 0 Å². The molecule has 4 nitrogen and oxygen atoms in total. The first-order valence-electron chi connectivity index (χ1n) is 5.84. The van der Waals surface area contributed by atoms with Gasteiger partial charge in [0.05, 0.1) is 6.61 Å². The van der Waals surface area contributed by atoms with Crippen LogP contribution in [-0.4, -0.2) is 36.7 Å². The number of hydrogen-bond acceptors (Lipinski definition) is 3. The smallest absolute Gasteiger partial charge is 0.328 e. The molecule has 0 bridgehead atoms. The van der Waals surface area contributed by atoms with Crippen molar-refractivity contribution in [3.05, 3.63) is 35.4 Å². The molecule has 0 heterocycles. The van der Waals surface area contributed by atoms with E-state index in [0.29, 0.717) is 6.61 Å². The summed E-state index contributed by atoms with van der Waals surface area (Å²) < 4.78 is 5.55. The average Bonchev–Trinajstić information content (AvgIpc) is 2.29. The molecule has 1 rings (SSSR count). The highest BCUT2D eigenvalue weighted by Gasteiger charge is 2.05. The third-order valence-electron chi connectivity index (χ3n) is 2.29. The van der Waals surface area contributed by atoms with E-state index in [1.807, 2.05) is 44.1 Å². The summed E-state index contributed by atoms with van der Waals surface area (Å²) in [6.07, 6.45) is 2.71. The Morgan fingerprint density at radius 1 is 1.44 bits per heavy atom. The second-order valence-corrected chi connectivity index (χ2v) is 4.21. The minimum Gasteiger partial charge on any atom is -0.494 e. The molecule has 0 spiro atoms. The van der Waals surface area contributed by atoms with E-state index >= 15 is 0 Å². The third-order valence-corrected chi connectivity index (χ3v) is 2.29. The molecule has 0 radical (unpaired) electrons. The van der Waals surface area contributed by atoms with E-state index in [4.69, 9.17) is 9.84 Å². The van der Waals surface area contributed by atoms with Crippen molar-refractivity contribution < 1.29 is 14.6 Å². The maximum Gasteiger partial charge on any atom is 0.328 e. The van der Waals surface area contributed by atoms with Crippen molar-refractivity contribution in [1.82, 2.24) is 4.90 Å². The molecule has 1 aromatic carbocycles. The van der Waals surface area contributed by atoms with Crippen LogP contribution in [0.3, 0.4) is 0 Å². The SMILES string of the molecule is CCOc1ccc(/C=C/C(=O)O)cc1CN(C)C. The van der Waals surface area contributed by atoms with Crippen molar-refractivity contribution in [2.45, 2.75) is 13.5 Å². The van der Waals surface area contributed by atoms with E-state index in [1.54, 1.807) is 6.08 Å². The quantitative estimate of drug-likeness (QED) is 0.786. The van der Waals surface area contributed by atoms with Crippen LogP contribution in [0.4, 0.5) is 0 Å². The van der Waals surface area contributed by atoms with Gasteiger partial charge >= 0.3 is 5.97 Å². The highest BCUT2D eigenvalue weighted by atomic mass is 16.5. The lowest BCUT2D eigenvalue weighted by Crippen LogP contribution is -2.12. The van der Waals surface area contributed by atoms with Crippen LogP contribution in [0.25, 0.3) is 6.08 Å². The van der Waals surface area contributed by atoms with Gasteiger partial charge in [-0.15, -0.1) is 0 Å². The number of rotatable bonds is 6. The van der Waals surface area contributed by atoms with Crippen LogP contribution < -0.4 is 4.74 Å². The van der Waals surface area contributed by atoms with Gasteiger partial charge in [-0.25, -0.2) is 4.79 Å². The van der Waals surface area contributed by atoms with Crippen LogP contribution in [0, 0.1) is 0 Å². The zero-order valence-corrected chi connectivity index (χ0v) is 11.0. The summed E-state index contributed by atoms with van der Waals surface area (Å²) in [6, 6.07) is 5.68. The number of carboxylic acids is 1. The highest BCUT2D eigenvalue weighted by Crippen LogP contribution is 2.22. The predicted molar refractivity (Wildman–Crippen MR) is 71.7 cm³/mol. The normalized spacial score (nSPS) is 11.1. The molecule has 0 saturated heterocycles. The molecule has 18 heavy (non-hydrogen) atoms. The van der Waals surface area contributed by atoms with E-state index in [0.717, 1.165) is 29.5 Å². The largest absolute Gasteiger partial charge is 0.494 e. The van der Waals surface area contributed by atoms with Crippen molar-refractivity contribution in [1.29, 1.82) is 0 Å². The van der Waals surface area contributed by atoms with Gasteiger partial charge < -0.3 is 14.7 Å².